The van der Waals surface area contributed by atoms with Crippen molar-refractivity contribution in [1.82, 2.24) is 9.88 Å². The predicted octanol–water partition coefficient (Wildman–Crippen LogP) is 4.13. The minimum Gasteiger partial charge on any atom is -0.748 e. The molecule has 0 radical (unpaired) electrons. The van der Waals surface area contributed by atoms with E-state index in [0.29, 0.717) is 36.0 Å². The summed E-state index contributed by atoms with van der Waals surface area (Å²) in [5, 5.41) is 4.12. The Morgan fingerprint density at radius 2 is 1.87 bits per heavy atom. The Balaban J connectivity index is 0.000000926. The Morgan fingerprint density at radius 3 is 2.47 bits per heavy atom. The number of carbonyl (C=O) groups is 1. The zero-order valence-corrected chi connectivity index (χ0v) is 23.9. The minimum atomic E-state index is -3.92. The Kier molecular flexibility index (Phi) is 13.1. The number of unbranched alkanes of at least 4 members (excludes halogenated alkanes) is 1. The number of amides is 1. The number of hydrogen-bond acceptors (Lipinski definition) is 6. The summed E-state index contributed by atoms with van der Waals surface area (Å²) in [5.41, 5.74) is 1.91. The number of nitrogens with one attached hydrogen (secondary N) is 1. The number of methoxy groups -OCH3 is 1. The third kappa shape index (κ3) is 12.3. The van der Waals surface area contributed by atoms with E-state index < -0.39 is 10.1 Å². The van der Waals surface area contributed by atoms with Crippen molar-refractivity contribution in [1.29, 1.82) is 0 Å². The summed E-state index contributed by atoms with van der Waals surface area (Å²) in [5.74, 6) is 0.726. The molecule has 3 rings (SSSR count). The molecule has 3 aromatic rings. The van der Waals surface area contributed by atoms with E-state index >= 15 is 0 Å². The quantitative estimate of drug-likeness (QED) is 0.194. The van der Waals surface area contributed by atoms with Gasteiger partial charge in [-0.25, -0.2) is 17.6 Å². The van der Waals surface area contributed by atoms with Crippen LogP contribution in [-0.4, -0.2) is 43.4 Å². The smallest absolute Gasteiger partial charge is 0.262 e. The lowest BCUT2D eigenvalue weighted by atomic mass is 10.1. The van der Waals surface area contributed by atoms with Crippen molar-refractivity contribution in [2.45, 2.75) is 45.5 Å². The van der Waals surface area contributed by atoms with Crippen LogP contribution in [0.2, 0.25) is 10.0 Å². The highest BCUT2D eigenvalue weighted by atomic mass is 35.5. The first-order chi connectivity index (χ1) is 18.0. The molecule has 0 aliphatic heterocycles. The van der Waals surface area contributed by atoms with Gasteiger partial charge in [-0.2, -0.15) is 0 Å². The van der Waals surface area contributed by atoms with Gasteiger partial charge in [0.05, 0.1) is 17.2 Å². The fourth-order valence-corrected chi connectivity index (χ4v) is 3.90. The normalized spacial score (nSPS) is 11.8. The third-order valence-corrected chi connectivity index (χ3v) is 5.79. The molecule has 208 valence electrons. The van der Waals surface area contributed by atoms with E-state index in [1.165, 1.54) is 0 Å². The molecule has 0 fully saturated rings. The second-order valence-electron chi connectivity index (χ2n) is 8.49. The molecule has 9 nitrogen and oxygen atoms in total. The van der Waals surface area contributed by atoms with E-state index in [0.717, 1.165) is 29.7 Å². The number of halogens is 2. The second-order valence-corrected chi connectivity index (χ2v) is 10.7. The first-order valence-corrected chi connectivity index (χ1v) is 14.5. The van der Waals surface area contributed by atoms with Gasteiger partial charge in [-0.05, 0) is 36.2 Å². The maximum Gasteiger partial charge on any atom is 0.262 e. The largest absolute Gasteiger partial charge is 0.748 e. The van der Waals surface area contributed by atoms with E-state index in [-0.39, 0.29) is 18.6 Å². The van der Waals surface area contributed by atoms with Gasteiger partial charge in [0.1, 0.15) is 30.8 Å². The Hall–Kier alpha value is -2.63. The molecule has 38 heavy (non-hydrogen) atoms. The van der Waals surface area contributed by atoms with E-state index in [9.17, 15) is 4.79 Å². The number of carbonyl (C=O) groups excluding carboxylic acids is 1. The molecule has 0 spiro atoms. The van der Waals surface area contributed by atoms with Gasteiger partial charge in [0.2, 0.25) is 6.33 Å². The summed E-state index contributed by atoms with van der Waals surface area (Å²) in [7, 11) is -2.29. The average molecular weight is 587 g/mol. The molecular weight excluding hydrogens is 553 g/mol. The molecule has 1 heterocycles. The summed E-state index contributed by atoms with van der Waals surface area (Å²) in [6.45, 7) is 4.04. The Labute approximate surface area is 234 Å². The zero-order valence-electron chi connectivity index (χ0n) is 21.6. The standard InChI is InChI=1S/C25H29Cl2N3O3.CH4O3S/c1-3-4-13-33-24(22-10-7-20(26)14-23(22)27)16-29-11-12-30(18-29)17-25(31)28-15-19-5-8-21(32-2)9-6-19;1-5(2,3)4/h5-12,14,18,24H,3-4,13,15-17H2,1-2H3;1H3,(H,2,3,4). The number of benzene rings is 2. The minimum absolute atomic E-state index is 0.0648. The highest BCUT2D eigenvalue weighted by Crippen LogP contribution is 2.29. The summed E-state index contributed by atoms with van der Waals surface area (Å²) < 4.78 is 42.4. The highest BCUT2D eigenvalue weighted by molar-refractivity contribution is 7.84. The number of hydrogen-bond donors (Lipinski definition) is 1. The van der Waals surface area contributed by atoms with Crippen LogP contribution in [0.5, 0.6) is 5.75 Å². The van der Waals surface area contributed by atoms with Crippen molar-refractivity contribution in [2.24, 2.45) is 0 Å². The highest BCUT2D eigenvalue weighted by Gasteiger charge is 2.20. The Bertz CT molecular complexity index is 1260. The monoisotopic (exact) mass is 585 g/mol. The lowest BCUT2D eigenvalue weighted by molar-refractivity contribution is -0.684. The van der Waals surface area contributed by atoms with E-state index in [1.807, 2.05) is 64.3 Å². The Morgan fingerprint density at radius 1 is 1.18 bits per heavy atom. The van der Waals surface area contributed by atoms with Crippen molar-refractivity contribution in [3.8, 4) is 5.75 Å². The van der Waals surface area contributed by atoms with Crippen LogP contribution in [0.25, 0.3) is 0 Å². The molecule has 1 amide bonds. The molecule has 1 atom stereocenters. The van der Waals surface area contributed by atoms with Gasteiger partial charge in [0, 0.05) is 35.0 Å². The van der Waals surface area contributed by atoms with Crippen LogP contribution in [0.15, 0.2) is 61.2 Å². The van der Waals surface area contributed by atoms with Crippen molar-refractivity contribution in [3.63, 3.8) is 0 Å². The van der Waals surface area contributed by atoms with Crippen molar-refractivity contribution < 1.29 is 31.8 Å². The molecule has 0 aliphatic rings. The molecular formula is C26H33Cl2N3O6S. The third-order valence-electron chi connectivity index (χ3n) is 5.22. The molecule has 0 aliphatic carbocycles. The number of imidazole rings is 1. The van der Waals surface area contributed by atoms with E-state index in [1.54, 1.807) is 13.2 Å². The first kappa shape index (κ1) is 31.6. The molecule has 0 saturated heterocycles. The van der Waals surface area contributed by atoms with Crippen LogP contribution in [0.1, 0.15) is 37.0 Å². The summed E-state index contributed by atoms with van der Waals surface area (Å²) in [6.07, 6.45) is 8.11. The topological polar surface area (TPSA) is 114 Å². The summed E-state index contributed by atoms with van der Waals surface area (Å²) >= 11 is 12.5. The van der Waals surface area contributed by atoms with E-state index in [4.69, 9.17) is 45.6 Å². The van der Waals surface area contributed by atoms with Crippen LogP contribution in [0.4, 0.5) is 0 Å². The molecule has 2 aromatic carbocycles. The number of aromatic nitrogens is 2. The van der Waals surface area contributed by atoms with Gasteiger partial charge in [0.15, 0.2) is 6.54 Å². The van der Waals surface area contributed by atoms with E-state index in [2.05, 4.69) is 12.2 Å². The average Bonchev–Trinajstić information content (AvgIpc) is 3.28. The molecule has 12 heteroatoms. The fourth-order valence-electron chi connectivity index (χ4n) is 3.37. The van der Waals surface area contributed by atoms with Gasteiger partial charge in [-0.3, -0.25) is 4.79 Å². The van der Waals surface area contributed by atoms with Crippen molar-refractivity contribution in [2.75, 3.05) is 20.0 Å². The lowest BCUT2D eigenvalue weighted by Gasteiger charge is -2.18. The molecule has 0 saturated carbocycles. The fraction of sp³-hybridized carbons (Fsp3) is 0.385. The van der Waals surface area contributed by atoms with Crippen LogP contribution in [0, 0.1) is 0 Å². The maximum absolute atomic E-state index is 12.4. The molecule has 1 N–H and O–H groups in total. The second kappa shape index (κ2) is 15.7. The summed E-state index contributed by atoms with van der Waals surface area (Å²) in [4.78, 5) is 12.4. The van der Waals surface area contributed by atoms with Crippen LogP contribution in [0.3, 0.4) is 0 Å². The maximum atomic E-state index is 12.4. The van der Waals surface area contributed by atoms with Gasteiger partial charge in [-0.1, -0.05) is 54.7 Å². The van der Waals surface area contributed by atoms with Crippen LogP contribution < -0.4 is 14.6 Å². The number of rotatable bonds is 12. The van der Waals surface area contributed by atoms with Gasteiger partial charge in [-0.15, -0.1) is 0 Å². The van der Waals surface area contributed by atoms with Crippen molar-refractivity contribution in [3.05, 3.63) is 82.4 Å². The van der Waals surface area contributed by atoms with Gasteiger partial charge >= 0.3 is 0 Å². The molecule has 1 unspecified atom stereocenters. The van der Waals surface area contributed by atoms with Crippen molar-refractivity contribution >= 4 is 39.2 Å². The van der Waals surface area contributed by atoms with Gasteiger partial charge in [0.25, 0.3) is 5.91 Å². The van der Waals surface area contributed by atoms with Crippen LogP contribution >= 0.6 is 23.2 Å². The van der Waals surface area contributed by atoms with Crippen LogP contribution in [-0.2, 0) is 39.3 Å². The lowest BCUT2D eigenvalue weighted by Crippen LogP contribution is -2.41. The summed E-state index contributed by atoms with van der Waals surface area (Å²) in [6, 6.07) is 13.1. The number of nitrogens with zero attached hydrogens (tertiary/aromatic N) is 2. The molecule has 1 aromatic heterocycles. The first-order valence-electron chi connectivity index (χ1n) is 11.9. The SMILES string of the molecule is CCCCOC(Cn1cc[n+](CC(=O)NCc2ccc(OC)cc2)c1)c1ccc(Cl)cc1Cl.CS(=O)(=O)[O-]. The number of ether oxygens (including phenoxy) is 2. The zero-order chi connectivity index (χ0) is 28.1. The predicted molar refractivity (Wildman–Crippen MR) is 145 cm³/mol. The molecule has 0 bridgehead atoms. The van der Waals surface area contributed by atoms with Gasteiger partial charge < -0.3 is 19.3 Å².